The molecule has 0 aromatic rings. The van der Waals surface area contributed by atoms with Crippen LogP contribution in [0.3, 0.4) is 0 Å². The molecule has 0 aromatic heterocycles. The van der Waals surface area contributed by atoms with E-state index in [1.165, 1.54) is 77.0 Å². The maximum absolute atomic E-state index is 11.7. The van der Waals surface area contributed by atoms with E-state index in [-0.39, 0.29) is 5.91 Å². The third kappa shape index (κ3) is 5.62. The zero-order valence-electron chi connectivity index (χ0n) is 24.5. The van der Waals surface area contributed by atoms with Crippen LogP contribution < -0.4 is 5.32 Å². The fourth-order valence-electron chi connectivity index (χ4n) is 9.94. The summed E-state index contributed by atoms with van der Waals surface area (Å²) >= 11 is 0. The van der Waals surface area contributed by atoms with Crippen LogP contribution in [-0.4, -0.2) is 25.2 Å². The van der Waals surface area contributed by atoms with Crippen molar-refractivity contribution in [3.05, 3.63) is 12.2 Å². The number of hydrogen-bond acceptors (Lipinski definition) is 2. The minimum absolute atomic E-state index is 0.0588. The first-order chi connectivity index (χ1) is 17.1. The van der Waals surface area contributed by atoms with Crippen molar-refractivity contribution in [1.29, 1.82) is 0 Å². The summed E-state index contributed by atoms with van der Waals surface area (Å²) in [4.78, 5) is 11.7. The molecule has 1 amide bonds. The Morgan fingerprint density at radius 1 is 0.972 bits per heavy atom. The van der Waals surface area contributed by atoms with E-state index in [1.54, 1.807) is 6.92 Å². The fraction of sp³-hybridized carbons (Fsp3) is 0.909. The molecule has 4 fully saturated rings. The standard InChI is InChI=1S/C33H57NO2/c1-22(2)9-8-10-24(5)28-13-14-29-27-12-11-25-21-26(36-20-19-34-31(35)23(3)4)15-17-32(25,6)30(27)16-18-33(28,29)7/h22,24-30H,3,8-21H2,1-2,4-7H3,(H,34,35)/t24-,25+,26+,27+,28?,29+,30+,32+,33-/m1/s1. The third-order valence-corrected chi connectivity index (χ3v) is 11.9. The number of hydrogen-bond donors (Lipinski definition) is 1. The van der Waals surface area contributed by atoms with Crippen LogP contribution in [-0.2, 0) is 9.53 Å². The number of carbonyl (C=O) groups excluding carboxylic acids is 1. The van der Waals surface area contributed by atoms with E-state index in [0.717, 1.165) is 41.4 Å². The molecule has 1 N–H and O–H groups in total. The summed E-state index contributed by atoms with van der Waals surface area (Å²) in [6.45, 7) is 19.4. The van der Waals surface area contributed by atoms with Crippen LogP contribution in [0.2, 0.25) is 0 Å². The van der Waals surface area contributed by atoms with Crippen molar-refractivity contribution in [3.63, 3.8) is 0 Å². The number of fused-ring (bicyclic) bond motifs is 5. The SMILES string of the molecule is C=C(C)C(=O)NCCO[C@H]1CC[C@@]2(C)[C@@H](CC[C@@H]3[C@@H]2CC[C@]2(C)C([C@H](C)CCCC(C)C)CC[C@@H]32)C1. The molecular weight excluding hydrogens is 442 g/mol. The predicted molar refractivity (Wildman–Crippen MR) is 151 cm³/mol. The van der Waals surface area contributed by atoms with Crippen LogP contribution in [0.5, 0.6) is 0 Å². The van der Waals surface area contributed by atoms with Gasteiger partial charge in [0.1, 0.15) is 0 Å². The summed E-state index contributed by atoms with van der Waals surface area (Å²) in [6, 6.07) is 0. The molecular formula is C33H57NO2. The Morgan fingerprint density at radius 2 is 1.69 bits per heavy atom. The van der Waals surface area contributed by atoms with Gasteiger partial charge in [-0.3, -0.25) is 4.79 Å². The normalized spacial score (nSPS) is 40.8. The van der Waals surface area contributed by atoms with Gasteiger partial charge in [0.25, 0.3) is 0 Å². The van der Waals surface area contributed by atoms with Gasteiger partial charge in [0.15, 0.2) is 0 Å². The molecule has 0 saturated heterocycles. The van der Waals surface area contributed by atoms with E-state index in [1.807, 2.05) is 0 Å². The van der Waals surface area contributed by atoms with Gasteiger partial charge in [0.2, 0.25) is 5.91 Å². The van der Waals surface area contributed by atoms with Crippen LogP contribution >= 0.6 is 0 Å². The van der Waals surface area contributed by atoms with Crippen LogP contribution in [0.15, 0.2) is 12.2 Å². The second-order valence-electron chi connectivity index (χ2n) is 14.5. The first-order valence-corrected chi connectivity index (χ1v) is 15.6. The quantitative estimate of drug-likeness (QED) is 0.243. The van der Waals surface area contributed by atoms with Gasteiger partial charge in [-0.25, -0.2) is 0 Å². The van der Waals surface area contributed by atoms with Gasteiger partial charge >= 0.3 is 0 Å². The molecule has 4 rings (SSSR count). The summed E-state index contributed by atoms with van der Waals surface area (Å²) in [5.41, 5.74) is 1.67. The molecule has 9 atom stereocenters. The maximum Gasteiger partial charge on any atom is 0.246 e. The lowest BCUT2D eigenvalue weighted by Gasteiger charge is -2.61. The molecule has 36 heavy (non-hydrogen) atoms. The summed E-state index contributed by atoms with van der Waals surface area (Å²) in [5.74, 6) is 6.32. The lowest BCUT2D eigenvalue weighted by atomic mass is 9.44. The molecule has 0 heterocycles. The van der Waals surface area contributed by atoms with Gasteiger partial charge in [0, 0.05) is 12.1 Å². The highest BCUT2D eigenvalue weighted by Gasteiger charge is 2.60. The van der Waals surface area contributed by atoms with Crippen molar-refractivity contribution >= 4 is 5.91 Å². The van der Waals surface area contributed by atoms with Gasteiger partial charge < -0.3 is 10.1 Å². The van der Waals surface area contributed by atoms with Gasteiger partial charge in [-0.15, -0.1) is 0 Å². The molecule has 0 spiro atoms. The van der Waals surface area contributed by atoms with E-state index >= 15 is 0 Å². The molecule has 4 aliphatic carbocycles. The Balaban J connectivity index is 1.32. The van der Waals surface area contributed by atoms with Crippen molar-refractivity contribution in [2.24, 2.45) is 52.3 Å². The third-order valence-electron chi connectivity index (χ3n) is 11.9. The van der Waals surface area contributed by atoms with Gasteiger partial charge in [-0.2, -0.15) is 0 Å². The molecule has 4 aliphatic rings. The lowest BCUT2D eigenvalue weighted by molar-refractivity contribution is -0.136. The Labute approximate surface area is 223 Å². The van der Waals surface area contributed by atoms with Gasteiger partial charge in [-0.1, -0.05) is 60.5 Å². The predicted octanol–water partition coefficient (Wildman–Crippen LogP) is 8.19. The molecule has 0 aromatic carbocycles. The van der Waals surface area contributed by atoms with Gasteiger partial charge in [0.05, 0.1) is 12.7 Å². The summed E-state index contributed by atoms with van der Waals surface area (Å²) < 4.78 is 6.27. The van der Waals surface area contributed by atoms with Crippen molar-refractivity contribution in [2.75, 3.05) is 13.2 Å². The smallest absolute Gasteiger partial charge is 0.246 e. The highest BCUT2D eigenvalue weighted by molar-refractivity contribution is 5.92. The summed E-state index contributed by atoms with van der Waals surface area (Å²) in [5, 5.41) is 2.91. The first-order valence-electron chi connectivity index (χ1n) is 15.6. The number of ether oxygens (including phenoxy) is 1. The van der Waals surface area contributed by atoms with Crippen molar-refractivity contribution in [3.8, 4) is 0 Å². The van der Waals surface area contributed by atoms with Crippen LogP contribution in [0, 0.1) is 52.3 Å². The van der Waals surface area contributed by atoms with Crippen LogP contribution in [0.25, 0.3) is 0 Å². The second kappa shape index (κ2) is 11.5. The molecule has 0 aliphatic heterocycles. The highest BCUT2D eigenvalue weighted by atomic mass is 16.5. The van der Waals surface area contributed by atoms with E-state index in [9.17, 15) is 4.79 Å². The van der Waals surface area contributed by atoms with E-state index in [4.69, 9.17) is 4.74 Å². The maximum atomic E-state index is 11.7. The zero-order valence-corrected chi connectivity index (χ0v) is 24.5. The van der Waals surface area contributed by atoms with Crippen molar-refractivity contribution in [1.82, 2.24) is 5.32 Å². The Morgan fingerprint density at radius 3 is 2.42 bits per heavy atom. The van der Waals surface area contributed by atoms with Crippen molar-refractivity contribution < 1.29 is 9.53 Å². The van der Waals surface area contributed by atoms with Crippen LogP contribution in [0.1, 0.15) is 119 Å². The summed E-state index contributed by atoms with van der Waals surface area (Å²) in [6.07, 6.45) is 17.2. The topological polar surface area (TPSA) is 38.3 Å². The van der Waals surface area contributed by atoms with E-state index < -0.39 is 0 Å². The lowest BCUT2D eigenvalue weighted by Crippen LogP contribution is -2.54. The molecule has 3 heteroatoms. The Hall–Kier alpha value is -0.830. The fourth-order valence-corrected chi connectivity index (χ4v) is 9.94. The Bertz CT molecular complexity index is 776. The molecule has 0 bridgehead atoms. The average molecular weight is 500 g/mol. The molecule has 1 unspecified atom stereocenters. The number of rotatable bonds is 10. The number of amides is 1. The zero-order chi connectivity index (χ0) is 26.1. The largest absolute Gasteiger partial charge is 0.376 e. The average Bonchev–Trinajstić information content (AvgIpc) is 3.18. The monoisotopic (exact) mass is 499 g/mol. The Kier molecular flexibility index (Phi) is 9.01. The minimum Gasteiger partial charge on any atom is -0.376 e. The first kappa shape index (κ1) is 28.2. The highest BCUT2D eigenvalue weighted by Crippen LogP contribution is 2.68. The second-order valence-corrected chi connectivity index (χ2v) is 14.5. The minimum atomic E-state index is -0.0588. The summed E-state index contributed by atoms with van der Waals surface area (Å²) in [7, 11) is 0. The van der Waals surface area contributed by atoms with Crippen LogP contribution in [0.4, 0.5) is 0 Å². The molecule has 4 saturated carbocycles. The number of carbonyl (C=O) groups is 1. The molecule has 0 radical (unpaired) electrons. The van der Waals surface area contributed by atoms with Gasteiger partial charge in [-0.05, 0) is 117 Å². The molecule has 206 valence electrons. The molecule has 3 nitrogen and oxygen atoms in total. The van der Waals surface area contributed by atoms with E-state index in [0.29, 0.717) is 35.7 Å². The number of nitrogens with one attached hydrogen (secondary N) is 1. The van der Waals surface area contributed by atoms with Crippen molar-refractivity contribution in [2.45, 2.75) is 125 Å². The van der Waals surface area contributed by atoms with E-state index in [2.05, 4.69) is 46.5 Å².